The lowest BCUT2D eigenvalue weighted by Crippen LogP contribution is -2.31. The zero-order valence-electron chi connectivity index (χ0n) is 68.6. The monoisotopic (exact) mass is 1620 g/mol. The van der Waals surface area contributed by atoms with Gasteiger partial charge in [0.1, 0.15) is 69.0 Å². The van der Waals surface area contributed by atoms with Crippen LogP contribution in [-0.2, 0) is 70.1 Å². The van der Waals surface area contributed by atoms with Crippen molar-refractivity contribution in [1.29, 1.82) is 0 Å². The Morgan fingerprint density at radius 2 is 0.527 bits per heavy atom. The molecule has 13 heteroatoms. The van der Waals surface area contributed by atoms with Crippen molar-refractivity contribution in [3.8, 4) is 0 Å². The van der Waals surface area contributed by atoms with Gasteiger partial charge in [0.2, 0.25) is 34.7 Å². The molecule has 0 bridgehead atoms. The standard InChI is InChI=1S/C20H27OS.C17H19OS.C16H17O2S.C16H17OS.C16H25OS.C12H17OS.C2H6/c1-3-5-13-22(14-6-4-2)16-20(21)19-12-11-17-9-7-8-10-18(17)15-19;18-17(13-19-10-4-1-5-11-19)16-9-8-14-6-2-3-7-15(14)12-16;17-16(12-19-9-7-18-8-10-19)15-6-5-13-3-1-2-4-14(13)11-15;17-16(12-18-9-3-4-10-18)15-8-7-13-5-1-2-6-14(13)11-15;1-3-5-12-18(13-6-4-2)14-16(17)15-10-8-7-9-11-15;1-3-14(4-2)10-12(13)11-8-6-5-7-9-11;1-2/h7-12,15H,3-6,13-14,16H2,1-2H3;2-3,6-9,12H,1,4-5,10-11,13H2;1-6,11H,7-10,12H2;1-2,5-8,11H,3-4,9-10,12H2;7-11H,3-6,12-14H2,1-2H3;5-9H,3-4,10H2,1-2H3;1-2H3/q6*+1;. The summed E-state index contributed by atoms with van der Waals surface area (Å²) in [6.45, 7) is 18.8. The Balaban J connectivity index is 0.000000186. The number of carbonyl (C=O) groups is 6. The zero-order valence-corrected chi connectivity index (χ0v) is 73.5. The van der Waals surface area contributed by atoms with Gasteiger partial charge in [-0.2, -0.15) is 0 Å². The van der Waals surface area contributed by atoms with Crippen molar-refractivity contribution in [3.05, 3.63) is 264 Å². The van der Waals surface area contributed by atoms with Crippen LogP contribution < -0.4 is 0 Å². The first-order chi connectivity index (χ1) is 54.8. The largest absolute Gasteiger partial charge is 0.372 e. The number of hydrogen-bond donors (Lipinski definition) is 0. The minimum absolute atomic E-state index is 0.217. The average molecular weight is 1620 g/mol. The maximum absolute atomic E-state index is 12.6. The molecule has 0 atom stereocenters. The van der Waals surface area contributed by atoms with Crippen molar-refractivity contribution in [2.75, 3.05) is 117 Å². The van der Waals surface area contributed by atoms with Crippen LogP contribution in [0.25, 0.3) is 43.1 Å². The van der Waals surface area contributed by atoms with E-state index in [2.05, 4.69) is 114 Å². The van der Waals surface area contributed by atoms with Crippen LogP contribution in [0, 0.1) is 0 Å². The number of unbranched alkanes of at least 4 members (excludes halogenated alkanes) is 4. The Morgan fingerprint density at radius 3 is 0.821 bits per heavy atom. The Morgan fingerprint density at radius 1 is 0.277 bits per heavy atom. The van der Waals surface area contributed by atoms with E-state index in [9.17, 15) is 28.8 Å². The van der Waals surface area contributed by atoms with Crippen molar-refractivity contribution in [1.82, 2.24) is 0 Å². The fourth-order valence-electron chi connectivity index (χ4n) is 13.2. The maximum atomic E-state index is 12.6. The molecular formula is C99H128O7S6+6. The minimum Gasteiger partial charge on any atom is -0.372 e. The number of carbonyl (C=O) groups excluding carboxylic acids is 6. The fourth-order valence-corrected chi connectivity index (χ4v) is 25.7. The van der Waals surface area contributed by atoms with E-state index in [1.807, 2.05) is 172 Å². The number of hydrogen-bond acceptors (Lipinski definition) is 7. The van der Waals surface area contributed by atoms with Gasteiger partial charge in [-0.05, 0) is 193 Å². The molecule has 3 aliphatic rings. The van der Waals surface area contributed by atoms with Crippen molar-refractivity contribution >= 4 is 143 Å². The number of benzene rings is 10. The molecule has 3 saturated heterocycles. The lowest BCUT2D eigenvalue weighted by atomic mass is 10.1. The van der Waals surface area contributed by atoms with Crippen LogP contribution in [0.2, 0.25) is 0 Å². The normalized spacial score (nSPS) is 13.6. The summed E-state index contributed by atoms with van der Waals surface area (Å²) in [4.78, 5) is 73.5. The van der Waals surface area contributed by atoms with Crippen LogP contribution in [0.5, 0.6) is 0 Å². The van der Waals surface area contributed by atoms with Crippen LogP contribution in [0.1, 0.15) is 201 Å². The molecule has 0 aromatic heterocycles. The summed E-state index contributed by atoms with van der Waals surface area (Å²) in [7, 11) is 1.76. The molecule has 0 saturated carbocycles. The van der Waals surface area contributed by atoms with E-state index >= 15 is 0 Å². The highest BCUT2D eigenvalue weighted by Crippen LogP contribution is 2.24. The van der Waals surface area contributed by atoms with Crippen LogP contribution in [0.3, 0.4) is 0 Å². The Labute approximate surface area is 690 Å². The number of ether oxygens (including phenoxy) is 1. The molecule has 10 aromatic rings. The molecular weight excluding hydrogens is 1490 g/mol. The van der Waals surface area contributed by atoms with Gasteiger partial charge >= 0.3 is 0 Å². The predicted molar refractivity (Wildman–Crippen MR) is 503 cm³/mol. The smallest absolute Gasteiger partial charge is 0.211 e. The van der Waals surface area contributed by atoms with Crippen LogP contribution >= 0.6 is 0 Å². The molecule has 112 heavy (non-hydrogen) atoms. The third-order valence-electron chi connectivity index (χ3n) is 20.0. The first-order valence-electron chi connectivity index (χ1n) is 41.4. The van der Waals surface area contributed by atoms with Gasteiger partial charge in [-0.3, -0.25) is 28.8 Å². The molecule has 596 valence electrons. The third-order valence-corrected chi connectivity index (χ3v) is 34.0. The Kier molecular flexibility index (Phi) is 44.8. The summed E-state index contributed by atoms with van der Waals surface area (Å²) in [5, 5.41) is 9.44. The summed E-state index contributed by atoms with van der Waals surface area (Å²) in [6, 6.07) is 76.4. The van der Waals surface area contributed by atoms with Gasteiger partial charge in [-0.1, -0.05) is 273 Å². The van der Waals surface area contributed by atoms with Gasteiger partial charge in [0.05, 0.1) is 13.2 Å². The first-order valence-corrected chi connectivity index (χ1v) is 51.8. The average Bonchev–Trinajstić information content (AvgIpc) is 1.15. The van der Waals surface area contributed by atoms with Crippen molar-refractivity contribution < 1.29 is 33.5 Å². The summed E-state index contributed by atoms with van der Waals surface area (Å²) in [5.41, 5.74) is 5.22. The number of Topliss-reactive ketones (excluding diaryl/α,β-unsaturated/α-hetero) is 6. The van der Waals surface area contributed by atoms with E-state index in [4.69, 9.17) is 4.74 Å². The summed E-state index contributed by atoms with van der Waals surface area (Å²) in [5.74, 6) is 20.6. The summed E-state index contributed by atoms with van der Waals surface area (Å²) >= 11 is 0. The molecule has 3 fully saturated rings. The second-order valence-electron chi connectivity index (χ2n) is 28.5. The lowest BCUT2D eigenvalue weighted by molar-refractivity contribution is 0.101. The number of rotatable bonds is 32. The van der Waals surface area contributed by atoms with Gasteiger partial charge in [-0.15, -0.1) is 0 Å². The highest BCUT2D eigenvalue weighted by molar-refractivity contribution is 7.99. The second-order valence-corrected chi connectivity index (χ2v) is 42.8. The van der Waals surface area contributed by atoms with Gasteiger partial charge in [0.15, 0.2) is 34.5 Å². The topological polar surface area (TPSA) is 112 Å². The first kappa shape index (κ1) is 92.5. The van der Waals surface area contributed by atoms with Crippen LogP contribution in [0.15, 0.2) is 231 Å². The van der Waals surface area contributed by atoms with Crippen molar-refractivity contribution in [2.45, 2.75) is 139 Å². The van der Waals surface area contributed by atoms with Gasteiger partial charge < -0.3 is 4.74 Å². The lowest BCUT2D eigenvalue weighted by Gasteiger charge is -2.13. The fraction of sp³-hybridized carbons (Fsp3) is 0.414. The molecule has 7 nitrogen and oxygen atoms in total. The van der Waals surface area contributed by atoms with E-state index < -0.39 is 0 Å². The Hall–Kier alpha value is -6.68. The summed E-state index contributed by atoms with van der Waals surface area (Å²) in [6.07, 6.45) is 16.5. The van der Waals surface area contributed by atoms with Crippen molar-refractivity contribution in [2.24, 2.45) is 0 Å². The SMILES string of the molecule is CC.CCCC[S+](CCCC)CC(=O)c1ccc2ccccc2c1.CCCC[S+](CCCC)CC(=O)c1ccccc1.CC[S+](CC)CC(=O)c1ccccc1.O=C(C[S+]1CCCC1)c1ccc2ccccc2c1.O=C(C[S+]1CCCCC1)c1ccc2ccccc2c1.O=C(C[S+]1CCOCC1)c1ccc2ccccc2c1. The molecule has 0 radical (unpaired) electrons. The molecule has 13 rings (SSSR count). The molecule has 0 spiro atoms. The zero-order chi connectivity index (χ0) is 79.9. The van der Waals surface area contributed by atoms with Gasteiger partial charge in [-0.25, -0.2) is 0 Å². The molecule has 0 N–H and O–H groups in total. The van der Waals surface area contributed by atoms with Gasteiger partial charge in [0, 0.05) is 44.3 Å². The van der Waals surface area contributed by atoms with E-state index in [-0.39, 0.29) is 44.3 Å². The molecule has 0 unspecified atom stereocenters. The number of ketones is 6. The van der Waals surface area contributed by atoms with Crippen molar-refractivity contribution in [3.63, 3.8) is 0 Å². The van der Waals surface area contributed by atoms with E-state index in [1.54, 1.807) is 0 Å². The molecule has 3 aliphatic heterocycles. The molecule has 0 aliphatic carbocycles. The third kappa shape index (κ3) is 33.3. The molecule has 0 amide bonds. The van der Waals surface area contributed by atoms with E-state index in [1.165, 1.54) is 156 Å². The van der Waals surface area contributed by atoms with E-state index in [0.717, 1.165) is 115 Å². The molecule has 10 aromatic carbocycles. The molecule has 3 heterocycles. The predicted octanol–water partition coefficient (Wildman–Crippen LogP) is 22.8. The summed E-state index contributed by atoms with van der Waals surface area (Å²) < 4.78 is 5.34. The highest BCUT2D eigenvalue weighted by Gasteiger charge is 2.30. The Bertz CT molecular complexity index is 4270. The maximum Gasteiger partial charge on any atom is 0.211 e. The van der Waals surface area contributed by atoms with Crippen LogP contribution in [-0.4, -0.2) is 151 Å². The second kappa shape index (κ2) is 54.2. The van der Waals surface area contributed by atoms with E-state index in [0.29, 0.717) is 61.6 Å². The minimum atomic E-state index is 0.217. The highest BCUT2D eigenvalue weighted by atomic mass is 32.2. The number of fused-ring (bicyclic) bond motifs is 4. The van der Waals surface area contributed by atoms with Gasteiger partial charge in [0.25, 0.3) is 0 Å². The quantitative estimate of drug-likeness (QED) is 0.0305. The van der Waals surface area contributed by atoms with Crippen LogP contribution in [0.4, 0.5) is 0 Å².